The Balaban J connectivity index is 1.55. The maximum absolute atomic E-state index is 6.93. The van der Waals surface area contributed by atoms with Gasteiger partial charge in [-0.1, -0.05) is 91.0 Å². The van der Waals surface area contributed by atoms with E-state index in [4.69, 9.17) is 18.9 Å². The van der Waals surface area contributed by atoms with E-state index in [9.17, 15) is 0 Å². The van der Waals surface area contributed by atoms with E-state index in [1.165, 1.54) is 0 Å². The summed E-state index contributed by atoms with van der Waals surface area (Å²) in [6.45, 7) is 6.83. The second-order valence-electron chi connectivity index (χ2n) is 9.29. The van der Waals surface area contributed by atoms with Gasteiger partial charge in [0.1, 0.15) is 23.4 Å². The summed E-state index contributed by atoms with van der Waals surface area (Å²) in [4.78, 5) is 0. The van der Waals surface area contributed by atoms with Crippen LogP contribution in [0, 0.1) is 0 Å². The summed E-state index contributed by atoms with van der Waals surface area (Å²) in [6, 6.07) is 31.2. The van der Waals surface area contributed by atoms with Crippen LogP contribution in [0.3, 0.4) is 0 Å². The van der Waals surface area contributed by atoms with E-state index in [-0.39, 0.29) is 12.2 Å². The molecule has 2 fully saturated rings. The topological polar surface area (TPSA) is 36.9 Å². The molecule has 2 aliphatic heterocycles. The number of benzene rings is 3. The summed E-state index contributed by atoms with van der Waals surface area (Å²) in [6.07, 6.45) is -0.408. The first-order valence-corrected chi connectivity index (χ1v) is 11.2. The molecule has 3 aromatic rings. The molecule has 4 heteroatoms. The molecule has 2 saturated heterocycles. The maximum Gasteiger partial charge on any atom is 0.164 e. The molecule has 3 atom stereocenters. The minimum atomic E-state index is -0.777. The molecule has 2 aliphatic rings. The Morgan fingerprint density at radius 2 is 1.25 bits per heavy atom. The Bertz CT molecular complexity index is 938. The third-order valence-electron chi connectivity index (χ3n) is 6.42. The Kier molecular flexibility index (Phi) is 5.42. The van der Waals surface area contributed by atoms with E-state index in [0.717, 1.165) is 16.7 Å². The van der Waals surface area contributed by atoms with Crippen molar-refractivity contribution in [1.82, 2.24) is 0 Å². The number of ether oxygens (including phenoxy) is 4. The van der Waals surface area contributed by atoms with Crippen molar-refractivity contribution in [2.45, 2.75) is 50.0 Å². The Morgan fingerprint density at radius 3 is 1.72 bits per heavy atom. The molecule has 0 amide bonds. The number of hydrogen-bond donors (Lipinski definition) is 0. The van der Waals surface area contributed by atoms with Crippen molar-refractivity contribution in [1.29, 1.82) is 0 Å². The fraction of sp³-hybridized carbons (Fsp3) is 0.357. The second kappa shape index (κ2) is 8.13. The first-order chi connectivity index (χ1) is 15.4. The lowest BCUT2D eigenvalue weighted by Gasteiger charge is -2.37. The average Bonchev–Trinajstić information content (AvgIpc) is 3.24. The molecule has 0 saturated carbocycles. The van der Waals surface area contributed by atoms with Crippen LogP contribution in [-0.4, -0.2) is 36.8 Å². The van der Waals surface area contributed by atoms with Crippen molar-refractivity contribution in [3.8, 4) is 0 Å². The minimum absolute atomic E-state index is 0.183. The van der Waals surface area contributed by atoms with E-state index in [0.29, 0.717) is 13.2 Å². The largest absolute Gasteiger partial charge is 0.370 e. The number of rotatable bonds is 6. The highest BCUT2D eigenvalue weighted by Gasteiger charge is 2.58. The third-order valence-corrected chi connectivity index (χ3v) is 6.42. The number of fused-ring (bicyclic) bond motifs is 1. The molecule has 166 valence electrons. The summed E-state index contributed by atoms with van der Waals surface area (Å²) >= 11 is 0. The van der Waals surface area contributed by atoms with Gasteiger partial charge in [0.2, 0.25) is 0 Å². The van der Waals surface area contributed by atoms with Crippen molar-refractivity contribution in [2.24, 2.45) is 0 Å². The minimum Gasteiger partial charge on any atom is -0.370 e. The van der Waals surface area contributed by atoms with Gasteiger partial charge in [-0.15, -0.1) is 0 Å². The van der Waals surface area contributed by atoms with E-state index in [2.05, 4.69) is 79.7 Å². The fourth-order valence-corrected chi connectivity index (χ4v) is 5.13. The summed E-state index contributed by atoms with van der Waals surface area (Å²) in [5.41, 5.74) is 1.97. The molecule has 1 unspecified atom stereocenters. The Morgan fingerprint density at radius 1 is 0.781 bits per heavy atom. The van der Waals surface area contributed by atoms with Crippen molar-refractivity contribution in [2.75, 3.05) is 13.2 Å². The highest BCUT2D eigenvalue weighted by molar-refractivity contribution is 5.47. The van der Waals surface area contributed by atoms with Crippen molar-refractivity contribution in [3.63, 3.8) is 0 Å². The van der Waals surface area contributed by atoms with Crippen LogP contribution in [0.1, 0.15) is 37.5 Å². The van der Waals surface area contributed by atoms with Gasteiger partial charge in [0.25, 0.3) is 0 Å². The highest BCUT2D eigenvalue weighted by Crippen LogP contribution is 2.45. The van der Waals surface area contributed by atoms with Gasteiger partial charge in [0, 0.05) is 0 Å². The number of hydrogen-bond acceptors (Lipinski definition) is 4. The normalized spacial score (nSPS) is 26.7. The van der Waals surface area contributed by atoms with Crippen LogP contribution < -0.4 is 0 Å². The standard InChI is InChI=1S/C28H30O4/c1-26(2)31-25-24(29-20-27(25,3)32-26)19-30-28(21-13-7-4-8-14-21,22-15-9-5-10-16-22)23-17-11-6-12-18-23/h4-18,24-25H,19-20H2,1-3H3/t24?,25-,27+/m1/s1. The van der Waals surface area contributed by atoms with Crippen molar-refractivity contribution < 1.29 is 18.9 Å². The van der Waals surface area contributed by atoms with Crippen molar-refractivity contribution in [3.05, 3.63) is 108 Å². The molecule has 0 N–H and O–H groups in total. The van der Waals surface area contributed by atoms with Crippen LogP contribution in [0.4, 0.5) is 0 Å². The highest BCUT2D eigenvalue weighted by atomic mass is 16.8. The molecule has 5 rings (SSSR count). The average molecular weight is 431 g/mol. The van der Waals surface area contributed by atoms with Crippen LogP contribution in [0.2, 0.25) is 0 Å². The van der Waals surface area contributed by atoms with Gasteiger partial charge in [0.05, 0.1) is 13.2 Å². The molecule has 0 radical (unpaired) electrons. The molecule has 32 heavy (non-hydrogen) atoms. The first-order valence-electron chi connectivity index (χ1n) is 11.2. The van der Waals surface area contributed by atoms with Gasteiger partial charge in [-0.2, -0.15) is 0 Å². The summed E-state index contributed by atoms with van der Waals surface area (Å²) in [7, 11) is 0. The second-order valence-corrected chi connectivity index (χ2v) is 9.29. The van der Waals surface area contributed by atoms with Crippen LogP contribution in [0.5, 0.6) is 0 Å². The summed E-state index contributed by atoms with van der Waals surface area (Å²) in [5, 5.41) is 0. The molecule has 2 heterocycles. The van der Waals surface area contributed by atoms with Gasteiger partial charge in [-0.3, -0.25) is 0 Å². The van der Waals surface area contributed by atoms with Gasteiger partial charge < -0.3 is 18.9 Å². The molecule has 0 spiro atoms. The Hall–Kier alpha value is -2.50. The predicted octanol–water partition coefficient (Wildman–Crippen LogP) is 5.30. The predicted molar refractivity (Wildman–Crippen MR) is 123 cm³/mol. The lowest BCUT2D eigenvalue weighted by atomic mass is 9.80. The SMILES string of the molecule is CC1(C)O[C@@H]2C(COC(c3ccccc3)(c3ccccc3)c3ccccc3)OC[C@]2(C)O1. The fourth-order valence-electron chi connectivity index (χ4n) is 5.13. The third kappa shape index (κ3) is 3.67. The zero-order valence-electron chi connectivity index (χ0n) is 18.9. The first kappa shape index (κ1) is 21.4. The van der Waals surface area contributed by atoms with E-state index < -0.39 is 17.0 Å². The van der Waals surface area contributed by atoms with Gasteiger partial charge >= 0.3 is 0 Å². The summed E-state index contributed by atoms with van der Waals surface area (Å²) in [5.74, 6) is -0.628. The maximum atomic E-state index is 6.93. The summed E-state index contributed by atoms with van der Waals surface area (Å²) < 4.78 is 25.5. The zero-order valence-corrected chi connectivity index (χ0v) is 18.9. The molecule has 0 aromatic heterocycles. The van der Waals surface area contributed by atoms with E-state index in [1.807, 2.05) is 32.0 Å². The van der Waals surface area contributed by atoms with Crippen LogP contribution in [-0.2, 0) is 24.5 Å². The molecular weight excluding hydrogens is 400 g/mol. The van der Waals surface area contributed by atoms with Gasteiger partial charge in [0.15, 0.2) is 5.79 Å². The van der Waals surface area contributed by atoms with Crippen LogP contribution >= 0.6 is 0 Å². The monoisotopic (exact) mass is 430 g/mol. The van der Waals surface area contributed by atoms with Crippen LogP contribution in [0.25, 0.3) is 0 Å². The van der Waals surface area contributed by atoms with Crippen molar-refractivity contribution >= 4 is 0 Å². The van der Waals surface area contributed by atoms with E-state index in [1.54, 1.807) is 0 Å². The smallest absolute Gasteiger partial charge is 0.164 e. The molecule has 0 bridgehead atoms. The van der Waals surface area contributed by atoms with Crippen LogP contribution in [0.15, 0.2) is 91.0 Å². The molecule has 3 aromatic carbocycles. The molecule has 0 aliphatic carbocycles. The zero-order chi connectivity index (χ0) is 22.2. The molecular formula is C28H30O4. The van der Waals surface area contributed by atoms with E-state index >= 15 is 0 Å². The van der Waals surface area contributed by atoms with Gasteiger partial charge in [-0.05, 0) is 37.5 Å². The lowest BCUT2D eigenvalue weighted by Crippen LogP contribution is -2.42. The van der Waals surface area contributed by atoms with Gasteiger partial charge in [-0.25, -0.2) is 0 Å². The Labute approximate surface area is 190 Å². The lowest BCUT2D eigenvalue weighted by molar-refractivity contribution is -0.193. The molecule has 4 nitrogen and oxygen atoms in total. The quantitative estimate of drug-likeness (QED) is 0.497.